The van der Waals surface area contributed by atoms with Crippen LogP contribution >= 0.6 is 11.6 Å². The van der Waals surface area contributed by atoms with Crippen LogP contribution in [0.5, 0.6) is 0 Å². The van der Waals surface area contributed by atoms with E-state index < -0.39 is 0 Å². The van der Waals surface area contributed by atoms with Crippen LogP contribution in [0.1, 0.15) is 10.4 Å². The number of benzene rings is 1. The first-order chi connectivity index (χ1) is 8.60. The fourth-order valence-corrected chi connectivity index (χ4v) is 1.66. The average molecular weight is 269 g/mol. The van der Waals surface area contributed by atoms with Gasteiger partial charge in [-0.25, -0.2) is 0 Å². The Morgan fingerprint density at radius 2 is 2.33 bits per heavy atom. The highest BCUT2D eigenvalue weighted by atomic mass is 35.5. The van der Waals surface area contributed by atoms with Crippen LogP contribution in [0.4, 0.5) is 5.69 Å². The topological polar surface area (TPSA) is 55.6 Å². The summed E-state index contributed by atoms with van der Waals surface area (Å²) in [7, 11) is 1.59. The highest BCUT2D eigenvalue weighted by Crippen LogP contribution is 2.20. The lowest BCUT2D eigenvalue weighted by atomic mass is 10.2. The normalized spacial score (nSPS) is 10.1. The summed E-state index contributed by atoms with van der Waals surface area (Å²) in [5.74, 6) is -0.117. The number of carbonyl (C=O) groups excluding carboxylic acids is 1. The number of hydrogen-bond acceptors (Lipinski definition) is 3. The maximum absolute atomic E-state index is 12.2. The third-order valence-corrected chi connectivity index (χ3v) is 2.78. The summed E-state index contributed by atoms with van der Waals surface area (Å²) < 4.78 is 4.97. The van der Waals surface area contributed by atoms with E-state index in [1.54, 1.807) is 36.3 Å². The summed E-state index contributed by atoms with van der Waals surface area (Å²) >= 11 is 5.90. The van der Waals surface area contributed by atoms with E-state index in [4.69, 9.17) is 22.1 Å². The number of rotatable bonds is 6. The zero-order valence-corrected chi connectivity index (χ0v) is 11.1. The van der Waals surface area contributed by atoms with Crippen molar-refractivity contribution in [2.24, 2.45) is 0 Å². The molecular formula is C13H17ClN2O2. The zero-order valence-electron chi connectivity index (χ0n) is 10.4. The van der Waals surface area contributed by atoms with E-state index in [0.717, 1.165) is 0 Å². The second-order valence-corrected chi connectivity index (χ2v) is 4.18. The Labute approximate surface area is 112 Å². The quantitative estimate of drug-likeness (QED) is 0.636. The van der Waals surface area contributed by atoms with Gasteiger partial charge in [0.2, 0.25) is 0 Å². The van der Waals surface area contributed by atoms with E-state index in [1.807, 2.05) is 0 Å². The molecule has 0 fully saturated rings. The molecule has 0 radical (unpaired) electrons. The highest BCUT2D eigenvalue weighted by molar-refractivity contribution is 6.33. The first-order valence-electron chi connectivity index (χ1n) is 5.54. The minimum absolute atomic E-state index is 0.117. The molecule has 0 atom stereocenters. The van der Waals surface area contributed by atoms with Crippen molar-refractivity contribution in [2.45, 2.75) is 0 Å². The Bertz CT molecular complexity index is 435. The Morgan fingerprint density at radius 1 is 1.61 bits per heavy atom. The van der Waals surface area contributed by atoms with Crippen molar-refractivity contribution < 1.29 is 9.53 Å². The number of nitrogens with two attached hydrogens (primary N) is 1. The standard InChI is InChI=1S/C13H17ClN2O2/c1-3-6-16(7-8-18-2)13(17)10-4-5-12(15)11(14)9-10/h3-5,9H,1,6-8,15H2,2H3. The molecule has 4 nitrogen and oxygen atoms in total. The highest BCUT2D eigenvalue weighted by Gasteiger charge is 2.15. The maximum Gasteiger partial charge on any atom is 0.254 e. The minimum Gasteiger partial charge on any atom is -0.398 e. The molecule has 0 saturated heterocycles. The number of hydrogen-bond donors (Lipinski definition) is 1. The van der Waals surface area contributed by atoms with Gasteiger partial charge in [-0.1, -0.05) is 17.7 Å². The number of methoxy groups -OCH3 is 1. The van der Waals surface area contributed by atoms with E-state index in [0.29, 0.717) is 36.0 Å². The van der Waals surface area contributed by atoms with Gasteiger partial charge in [-0.05, 0) is 18.2 Å². The summed E-state index contributed by atoms with van der Waals surface area (Å²) in [5, 5.41) is 0.381. The molecule has 1 amide bonds. The maximum atomic E-state index is 12.2. The number of anilines is 1. The lowest BCUT2D eigenvalue weighted by Crippen LogP contribution is -2.34. The van der Waals surface area contributed by atoms with Crippen LogP contribution in [-0.4, -0.2) is 37.6 Å². The van der Waals surface area contributed by atoms with Crippen molar-refractivity contribution >= 4 is 23.2 Å². The van der Waals surface area contributed by atoms with Gasteiger partial charge in [0, 0.05) is 25.8 Å². The third-order valence-electron chi connectivity index (χ3n) is 2.45. The number of carbonyl (C=O) groups is 1. The van der Waals surface area contributed by atoms with Crippen molar-refractivity contribution in [1.29, 1.82) is 0 Å². The molecule has 0 aliphatic rings. The number of amides is 1. The minimum atomic E-state index is -0.117. The fourth-order valence-electron chi connectivity index (χ4n) is 1.48. The van der Waals surface area contributed by atoms with Gasteiger partial charge in [0.15, 0.2) is 0 Å². The van der Waals surface area contributed by atoms with E-state index in [9.17, 15) is 4.79 Å². The van der Waals surface area contributed by atoms with Crippen LogP contribution in [0.2, 0.25) is 5.02 Å². The molecule has 0 aliphatic heterocycles. The molecule has 1 rings (SSSR count). The molecule has 1 aromatic carbocycles. The van der Waals surface area contributed by atoms with Gasteiger partial charge < -0.3 is 15.4 Å². The number of nitrogens with zero attached hydrogens (tertiary/aromatic N) is 1. The van der Waals surface area contributed by atoms with Crippen molar-refractivity contribution in [2.75, 3.05) is 32.5 Å². The van der Waals surface area contributed by atoms with E-state index in [-0.39, 0.29) is 5.91 Å². The predicted octanol–water partition coefficient (Wildman–Crippen LogP) is 2.20. The fraction of sp³-hybridized carbons (Fsp3) is 0.308. The summed E-state index contributed by atoms with van der Waals surface area (Å²) in [4.78, 5) is 13.9. The third kappa shape index (κ3) is 3.75. The molecule has 0 heterocycles. The Morgan fingerprint density at radius 3 is 2.89 bits per heavy atom. The van der Waals surface area contributed by atoms with Gasteiger partial charge in [0.25, 0.3) is 5.91 Å². The van der Waals surface area contributed by atoms with E-state index in [2.05, 4.69) is 6.58 Å². The molecule has 5 heteroatoms. The molecule has 18 heavy (non-hydrogen) atoms. The summed E-state index contributed by atoms with van der Waals surface area (Å²) in [6, 6.07) is 4.85. The second kappa shape index (κ2) is 7.03. The largest absolute Gasteiger partial charge is 0.398 e. The molecular weight excluding hydrogens is 252 g/mol. The van der Waals surface area contributed by atoms with Crippen molar-refractivity contribution in [3.8, 4) is 0 Å². The van der Waals surface area contributed by atoms with Gasteiger partial charge in [-0.15, -0.1) is 6.58 Å². The smallest absolute Gasteiger partial charge is 0.254 e. The summed E-state index contributed by atoms with van der Waals surface area (Å²) in [6.45, 7) is 5.08. The first kappa shape index (κ1) is 14.5. The molecule has 1 aromatic rings. The number of nitrogen functional groups attached to an aromatic ring is 1. The predicted molar refractivity (Wildman–Crippen MR) is 73.8 cm³/mol. The van der Waals surface area contributed by atoms with Crippen LogP contribution in [0.3, 0.4) is 0 Å². The van der Waals surface area contributed by atoms with E-state index in [1.165, 1.54) is 0 Å². The van der Waals surface area contributed by atoms with Gasteiger partial charge >= 0.3 is 0 Å². The zero-order chi connectivity index (χ0) is 13.5. The molecule has 0 spiro atoms. The van der Waals surface area contributed by atoms with Gasteiger partial charge in [0.05, 0.1) is 17.3 Å². The van der Waals surface area contributed by atoms with Crippen LogP contribution in [0.15, 0.2) is 30.9 Å². The van der Waals surface area contributed by atoms with Gasteiger partial charge in [-0.2, -0.15) is 0 Å². The lowest BCUT2D eigenvalue weighted by Gasteiger charge is -2.21. The molecule has 0 aromatic heterocycles. The Hall–Kier alpha value is -1.52. The molecule has 0 unspecified atom stereocenters. The van der Waals surface area contributed by atoms with Gasteiger partial charge in [0.1, 0.15) is 0 Å². The van der Waals surface area contributed by atoms with Gasteiger partial charge in [-0.3, -0.25) is 4.79 Å². The molecule has 0 saturated carbocycles. The Kier molecular flexibility index (Phi) is 5.68. The van der Waals surface area contributed by atoms with Crippen LogP contribution in [0.25, 0.3) is 0 Å². The van der Waals surface area contributed by atoms with Crippen LogP contribution in [0, 0.1) is 0 Å². The molecule has 0 aliphatic carbocycles. The van der Waals surface area contributed by atoms with Crippen LogP contribution in [-0.2, 0) is 4.74 Å². The van der Waals surface area contributed by atoms with Crippen molar-refractivity contribution in [3.05, 3.63) is 41.4 Å². The monoisotopic (exact) mass is 268 g/mol. The average Bonchev–Trinajstić information content (AvgIpc) is 2.37. The molecule has 2 N–H and O–H groups in total. The lowest BCUT2D eigenvalue weighted by molar-refractivity contribution is 0.0718. The first-order valence-corrected chi connectivity index (χ1v) is 5.92. The SMILES string of the molecule is C=CCN(CCOC)C(=O)c1ccc(N)c(Cl)c1. The molecule has 0 bridgehead atoms. The van der Waals surface area contributed by atoms with Crippen molar-refractivity contribution in [3.63, 3.8) is 0 Å². The molecule has 98 valence electrons. The number of halogens is 1. The summed E-state index contributed by atoms with van der Waals surface area (Å²) in [5.41, 5.74) is 6.58. The Balaban J connectivity index is 2.86. The van der Waals surface area contributed by atoms with Crippen LogP contribution < -0.4 is 5.73 Å². The van der Waals surface area contributed by atoms with E-state index >= 15 is 0 Å². The van der Waals surface area contributed by atoms with Crippen molar-refractivity contribution in [1.82, 2.24) is 4.90 Å². The number of ether oxygens (including phenoxy) is 1. The summed E-state index contributed by atoms with van der Waals surface area (Å²) in [6.07, 6.45) is 1.67. The second-order valence-electron chi connectivity index (χ2n) is 3.77.